The summed E-state index contributed by atoms with van der Waals surface area (Å²) in [5.74, 6) is -0.304. The van der Waals surface area contributed by atoms with Crippen LogP contribution in [0.2, 0.25) is 0 Å². The molecule has 0 fully saturated rings. The van der Waals surface area contributed by atoms with E-state index in [0.29, 0.717) is 11.4 Å². The van der Waals surface area contributed by atoms with Crippen molar-refractivity contribution in [3.05, 3.63) is 66.7 Å². The average molecular weight is 331 g/mol. The Hall–Kier alpha value is -2.60. The summed E-state index contributed by atoms with van der Waals surface area (Å²) >= 11 is 0. The molecule has 0 radical (unpaired) electrons. The summed E-state index contributed by atoms with van der Waals surface area (Å²) in [5.41, 5.74) is 0.513. The number of hydrogen-bond acceptors (Lipinski definition) is 4. The Morgan fingerprint density at radius 1 is 1.09 bits per heavy atom. The maximum absolute atomic E-state index is 12.2. The third-order valence-corrected chi connectivity index (χ3v) is 4.85. The number of carbonyl (C=O) groups is 1. The minimum Gasteiger partial charge on any atom is -0.497 e. The third kappa shape index (κ3) is 4.43. The number of ether oxygens (including phenoxy) is 1. The molecule has 0 spiro atoms. The van der Waals surface area contributed by atoms with Crippen molar-refractivity contribution in [1.82, 2.24) is 0 Å². The van der Waals surface area contributed by atoms with Crippen LogP contribution in [-0.2, 0) is 14.6 Å². The number of amides is 1. The fourth-order valence-corrected chi connectivity index (χ4v) is 3.23. The second kappa shape index (κ2) is 7.11. The van der Waals surface area contributed by atoms with Crippen LogP contribution in [0.1, 0.15) is 0 Å². The fourth-order valence-electron chi connectivity index (χ4n) is 1.90. The number of nitrogens with one attached hydrogen (secondary N) is 1. The Kier molecular flexibility index (Phi) is 5.18. The summed E-state index contributed by atoms with van der Waals surface area (Å²) in [7, 11) is -2.04. The molecule has 0 bridgehead atoms. The summed E-state index contributed by atoms with van der Waals surface area (Å²) in [6, 6.07) is 14.7. The van der Waals surface area contributed by atoms with Crippen molar-refractivity contribution in [1.29, 1.82) is 0 Å². The summed E-state index contributed by atoms with van der Waals surface area (Å²) < 4.78 is 29.5. The fraction of sp³-hybridized carbons (Fsp3) is 0.118. The highest BCUT2D eigenvalue weighted by Crippen LogP contribution is 2.17. The van der Waals surface area contributed by atoms with E-state index in [1.54, 1.807) is 49.6 Å². The molecule has 5 nitrogen and oxygen atoms in total. The van der Waals surface area contributed by atoms with E-state index in [9.17, 15) is 13.2 Å². The largest absolute Gasteiger partial charge is 0.497 e. The number of benzene rings is 2. The van der Waals surface area contributed by atoms with Gasteiger partial charge < -0.3 is 10.1 Å². The summed E-state index contributed by atoms with van der Waals surface area (Å²) in [5, 5.41) is 2.61. The first kappa shape index (κ1) is 16.8. The topological polar surface area (TPSA) is 72.5 Å². The number of carbonyl (C=O) groups excluding carboxylic acids is 1. The zero-order valence-electron chi connectivity index (χ0n) is 12.7. The molecule has 6 heteroatoms. The predicted octanol–water partition coefficient (Wildman–Crippen LogP) is 2.66. The van der Waals surface area contributed by atoms with Crippen LogP contribution in [0.5, 0.6) is 5.75 Å². The van der Waals surface area contributed by atoms with Gasteiger partial charge in [0, 0.05) is 11.3 Å². The van der Waals surface area contributed by atoms with Crippen LogP contribution in [-0.4, -0.2) is 27.2 Å². The summed E-state index contributed by atoms with van der Waals surface area (Å²) in [6.07, 6.45) is 0. The van der Waals surface area contributed by atoms with Crippen molar-refractivity contribution < 1.29 is 17.9 Å². The van der Waals surface area contributed by atoms with Crippen molar-refractivity contribution >= 4 is 21.4 Å². The quantitative estimate of drug-likeness (QED) is 0.826. The Morgan fingerprint density at radius 2 is 1.70 bits per heavy atom. The molecule has 0 aliphatic carbocycles. The van der Waals surface area contributed by atoms with Gasteiger partial charge in [-0.1, -0.05) is 24.8 Å². The average Bonchev–Trinajstić information content (AvgIpc) is 2.56. The summed E-state index contributed by atoms with van der Waals surface area (Å²) in [4.78, 5) is 12.2. The highest BCUT2D eigenvalue weighted by atomic mass is 32.2. The SMILES string of the molecule is C=C(CS(=O)(=O)c1ccccc1)C(=O)Nc1ccc(OC)cc1. The number of anilines is 1. The first-order valence-electron chi connectivity index (χ1n) is 6.83. The van der Waals surface area contributed by atoms with Gasteiger partial charge in [-0.25, -0.2) is 8.42 Å². The molecule has 2 rings (SSSR count). The van der Waals surface area contributed by atoms with Crippen LogP contribution in [0.3, 0.4) is 0 Å². The van der Waals surface area contributed by atoms with Crippen LogP contribution in [0.15, 0.2) is 71.6 Å². The van der Waals surface area contributed by atoms with E-state index in [1.165, 1.54) is 12.1 Å². The van der Waals surface area contributed by atoms with Crippen molar-refractivity contribution in [3.8, 4) is 5.75 Å². The highest BCUT2D eigenvalue weighted by Gasteiger charge is 2.19. The van der Waals surface area contributed by atoms with Gasteiger partial charge in [-0.05, 0) is 36.4 Å². The molecule has 2 aromatic carbocycles. The number of methoxy groups -OCH3 is 1. The van der Waals surface area contributed by atoms with Gasteiger partial charge in [-0.2, -0.15) is 0 Å². The van der Waals surface area contributed by atoms with Crippen LogP contribution >= 0.6 is 0 Å². The first-order chi connectivity index (χ1) is 10.9. The van der Waals surface area contributed by atoms with E-state index in [-0.39, 0.29) is 10.5 Å². The van der Waals surface area contributed by atoms with E-state index in [1.807, 2.05) is 0 Å². The van der Waals surface area contributed by atoms with E-state index >= 15 is 0 Å². The molecular formula is C17H17NO4S. The lowest BCUT2D eigenvalue weighted by Gasteiger charge is -2.09. The van der Waals surface area contributed by atoms with Gasteiger partial charge in [-0.3, -0.25) is 4.79 Å². The normalized spacial score (nSPS) is 10.8. The Morgan fingerprint density at radius 3 is 2.26 bits per heavy atom. The molecule has 0 aliphatic heterocycles. The number of sulfone groups is 1. The monoisotopic (exact) mass is 331 g/mol. The van der Waals surface area contributed by atoms with Gasteiger partial charge in [0.2, 0.25) is 0 Å². The lowest BCUT2D eigenvalue weighted by atomic mass is 10.2. The minimum atomic E-state index is -3.59. The molecule has 0 heterocycles. The molecule has 1 amide bonds. The molecule has 0 saturated carbocycles. The molecule has 0 saturated heterocycles. The Balaban J connectivity index is 2.03. The van der Waals surface area contributed by atoms with E-state index in [4.69, 9.17) is 4.74 Å². The minimum absolute atomic E-state index is 0.0235. The van der Waals surface area contributed by atoms with Gasteiger partial charge in [0.15, 0.2) is 9.84 Å². The molecule has 0 aromatic heterocycles. The number of hydrogen-bond donors (Lipinski definition) is 1. The summed E-state index contributed by atoms with van der Waals surface area (Å²) in [6.45, 7) is 3.58. The zero-order chi connectivity index (χ0) is 16.9. The molecule has 23 heavy (non-hydrogen) atoms. The van der Waals surface area contributed by atoms with Crippen LogP contribution in [0.4, 0.5) is 5.69 Å². The molecule has 0 unspecified atom stereocenters. The van der Waals surface area contributed by atoms with Crippen molar-refractivity contribution in [2.24, 2.45) is 0 Å². The molecule has 1 N–H and O–H groups in total. The van der Waals surface area contributed by atoms with Crippen LogP contribution < -0.4 is 10.1 Å². The van der Waals surface area contributed by atoms with Crippen molar-refractivity contribution in [3.63, 3.8) is 0 Å². The first-order valence-corrected chi connectivity index (χ1v) is 8.48. The van der Waals surface area contributed by atoms with Gasteiger partial charge in [0.05, 0.1) is 17.8 Å². The second-order valence-corrected chi connectivity index (χ2v) is 6.85. The predicted molar refractivity (Wildman–Crippen MR) is 89.3 cm³/mol. The van der Waals surface area contributed by atoms with E-state index in [0.717, 1.165) is 0 Å². The molecule has 0 atom stereocenters. The van der Waals surface area contributed by atoms with Crippen molar-refractivity contribution in [2.45, 2.75) is 4.90 Å². The standard InChI is InChI=1S/C17H17NO4S/c1-13(12-23(20,21)16-6-4-3-5-7-16)17(19)18-14-8-10-15(22-2)11-9-14/h3-11H,1,12H2,2H3,(H,18,19). The molecule has 120 valence electrons. The van der Waals surface area contributed by atoms with Gasteiger partial charge in [-0.15, -0.1) is 0 Å². The highest BCUT2D eigenvalue weighted by molar-refractivity contribution is 7.91. The van der Waals surface area contributed by atoms with Gasteiger partial charge >= 0.3 is 0 Å². The smallest absolute Gasteiger partial charge is 0.252 e. The van der Waals surface area contributed by atoms with E-state index < -0.39 is 21.5 Å². The Labute approximate surface area is 135 Å². The lowest BCUT2D eigenvalue weighted by Crippen LogP contribution is -2.20. The van der Waals surface area contributed by atoms with Gasteiger partial charge in [0.25, 0.3) is 5.91 Å². The zero-order valence-corrected chi connectivity index (χ0v) is 13.5. The van der Waals surface area contributed by atoms with Gasteiger partial charge in [0.1, 0.15) is 5.75 Å². The van der Waals surface area contributed by atoms with E-state index in [2.05, 4.69) is 11.9 Å². The number of rotatable bonds is 6. The maximum atomic E-state index is 12.2. The van der Waals surface area contributed by atoms with Crippen LogP contribution in [0, 0.1) is 0 Å². The lowest BCUT2D eigenvalue weighted by molar-refractivity contribution is -0.112. The molecule has 0 aliphatic rings. The third-order valence-electron chi connectivity index (χ3n) is 3.14. The molecule has 2 aromatic rings. The van der Waals surface area contributed by atoms with Crippen LogP contribution in [0.25, 0.3) is 0 Å². The second-order valence-electron chi connectivity index (χ2n) is 4.86. The maximum Gasteiger partial charge on any atom is 0.252 e. The Bertz CT molecular complexity index is 796. The van der Waals surface area contributed by atoms with Crippen molar-refractivity contribution in [2.75, 3.05) is 18.2 Å². The molecular weight excluding hydrogens is 314 g/mol.